The van der Waals surface area contributed by atoms with E-state index < -0.39 is 0 Å². The van der Waals surface area contributed by atoms with Gasteiger partial charge in [0.15, 0.2) is 11.7 Å². The van der Waals surface area contributed by atoms with Crippen LogP contribution < -0.4 is 0 Å². The number of hydrazone groups is 2. The van der Waals surface area contributed by atoms with Gasteiger partial charge in [0.2, 0.25) is 0 Å². The van der Waals surface area contributed by atoms with Gasteiger partial charge >= 0.3 is 12.1 Å². The minimum atomic E-state index is -0.127. The third-order valence-electron chi connectivity index (χ3n) is 9.76. The number of benzene rings is 4. The molecule has 8 aliphatic rings. The van der Waals surface area contributed by atoms with E-state index in [0.29, 0.717) is 13.1 Å². The molecule has 2 unspecified atom stereocenters. The van der Waals surface area contributed by atoms with Crippen molar-refractivity contribution in [3.8, 4) is 22.3 Å². The lowest BCUT2D eigenvalue weighted by molar-refractivity contribution is 0.0643. The topological polar surface area (TPSA) is 78.3 Å². The lowest BCUT2D eigenvalue weighted by atomic mass is 9.96. The first-order valence-corrected chi connectivity index (χ1v) is 15.7. The van der Waals surface area contributed by atoms with E-state index in [2.05, 4.69) is 107 Å². The summed E-state index contributed by atoms with van der Waals surface area (Å²) in [5, 5.41) is 20.3. The van der Waals surface area contributed by atoms with E-state index in [1.165, 1.54) is 10.0 Å². The van der Waals surface area contributed by atoms with Crippen LogP contribution in [0.5, 0.6) is 0 Å². The van der Waals surface area contributed by atoms with Crippen molar-refractivity contribution in [2.75, 3.05) is 27.2 Å². The van der Waals surface area contributed by atoms with Gasteiger partial charge in [-0.1, -0.05) is 84.9 Å². The SMILES string of the molecule is CN1N=C2c3cccc(c3)-c3ccc(cc3)C3CCN4C(=O)N(C)N=C(c5cccc(c5)-c5ccc(cc5)C5CCN(C1=O)N25)N34. The summed E-state index contributed by atoms with van der Waals surface area (Å²) < 4.78 is 0. The van der Waals surface area contributed by atoms with Crippen molar-refractivity contribution in [2.45, 2.75) is 24.9 Å². The van der Waals surface area contributed by atoms with Crippen LogP contribution in [-0.2, 0) is 0 Å². The number of hydrogen-bond donors (Lipinski definition) is 0. The van der Waals surface area contributed by atoms with Crippen LogP contribution in [0.25, 0.3) is 22.3 Å². The van der Waals surface area contributed by atoms with Crippen molar-refractivity contribution in [3.63, 3.8) is 0 Å². The molecule has 2 atom stereocenters. The molecule has 0 aromatic heterocycles. The van der Waals surface area contributed by atoms with Crippen LogP contribution in [0.3, 0.4) is 0 Å². The summed E-state index contributed by atoms with van der Waals surface area (Å²) in [5.74, 6) is 1.51. The number of urea groups is 2. The number of carbonyl (C=O) groups is 2. The second kappa shape index (κ2) is 9.93. The van der Waals surface area contributed by atoms with Crippen molar-refractivity contribution in [3.05, 3.63) is 119 Å². The predicted octanol–water partition coefficient (Wildman–Crippen LogP) is 6.12. The van der Waals surface area contributed by atoms with E-state index in [4.69, 9.17) is 10.2 Å². The Hall–Kier alpha value is -5.64. The lowest BCUT2D eigenvalue weighted by Gasteiger charge is -2.40. The number of amides is 4. The molecule has 0 N–H and O–H groups in total. The fourth-order valence-electron chi connectivity index (χ4n) is 7.45. The van der Waals surface area contributed by atoms with Gasteiger partial charge in [-0.05, 0) is 58.4 Å². The minimum Gasteiger partial charge on any atom is -0.255 e. The smallest absolute Gasteiger partial charge is 0.255 e. The molecule has 0 aliphatic carbocycles. The third-order valence-corrected chi connectivity index (χ3v) is 9.76. The van der Waals surface area contributed by atoms with Gasteiger partial charge in [0, 0.05) is 38.3 Å². The minimum absolute atomic E-state index is 0.0342. The molecule has 0 radical (unpaired) electrons. The average Bonchev–Trinajstić information content (AvgIpc) is 3.74. The standard InChI is InChI=1S/C36H32N8O2/c1-39-35(45)41-19-17-31-25-13-9-24(10-14-25)28-6-4-8-30(22-28)34-38-40(2)36(46)42-20-18-32(44(34)42)26-15-11-23(12-16-26)27-5-3-7-29(21-27)33(37-39)43(31)41/h3-16,21-22,31-32H,17-20H2,1-2H3. The predicted molar refractivity (Wildman–Crippen MR) is 175 cm³/mol. The van der Waals surface area contributed by atoms with Crippen LogP contribution in [0.1, 0.15) is 47.2 Å². The van der Waals surface area contributed by atoms with Gasteiger partial charge in [0.1, 0.15) is 0 Å². The summed E-state index contributed by atoms with van der Waals surface area (Å²) >= 11 is 0. The second-order valence-corrected chi connectivity index (χ2v) is 12.4. The molecule has 8 heterocycles. The zero-order valence-electron chi connectivity index (χ0n) is 25.6. The number of amidine groups is 2. The number of hydrogen-bond acceptors (Lipinski definition) is 6. The highest BCUT2D eigenvalue weighted by atomic mass is 16.2. The molecule has 4 amide bonds. The van der Waals surface area contributed by atoms with Gasteiger partial charge in [-0.15, -0.1) is 10.2 Å². The van der Waals surface area contributed by atoms with Crippen LogP contribution in [-0.4, -0.2) is 81.0 Å². The summed E-state index contributed by atoms with van der Waals surface area (Å²) in [4.78, 5) is 26.5. The Morgan fingerprint density at radius 1 is 0.522 bits per heavy atom. The van der Waals surface area contributed by atoms with E-state index in [1.54, 1.807) is 14.1 Å². The Balaban J connectivity index is 1.23. The average molecular weight is 609 g/mol. The number of carbonyl (C=O) groups excluding carboxylic acids is 2. The quantitative estimate of drug-likeness (QED) is 0.241. The summed E-state index contributed by atoms with van der Waals surface area (Å²) in [6, 6.07) is 33.7. The maximum atomic E-state index is 13.2. The van der Waals surface area contributed by atoms with Gasteiger partial charge in [-0.3, -0.25) is 10.0 Å². The molecule has 8 bridgehead atoms. The summed E-state index contributed by atoms with van der Waals surface area (Å²) in [5.41, 5.74) is 8.44. The van der Waals surface area contributed by atoms with Crippen LogP contribution in [0, 0.1) is 0 Å². The molecule has 12 rings (SSSR count). The van der Waals surface area contributed by atoms with Crippen LogP contribution in [0.4, 0.5) is 9.59 Å². The molecular formula is C36H32N8O2. The van der Waals surface area contributed by atoms with Crippen molar-refractivity contribution < 1.29 is 9.59 Å². The zero-order chi connectivity index (χ0) is 31.1. The first kappa shape index (κ1) is 26.7. The van der Waals surface area contributed by atoms with Gasteiger partial charge in [0.05, 0.1) is 12.1 Å². The highest BCUT2D eigenvalue weighted by Crippen LogP contribution is 2.40. The third kappa shape index (κ3) is 3.95. The summed E-state index contributed by atoms with van der Waals surface area (Å²) in [6.45, 7) is 1.23. The first-order chi connectivity index (χ1) is 22.4. The first-order valence-electron chi connectivity index (χ1n) is 15.7. The zero-order valence-corrected chi connectivity index (χ0v) is 25.6. The van der Waals surface area contributed by atoms with Gasteiger partial charge in [0.25, 0.3) is 0 Å². The fraction of sp³-hybridized carbons (Fsp3) is 0.222. The molecule has 4 aromatic carbocycles. The highest BCUT2D eigenvalue weighted by Gasteiger charge is 2.44. The Bertz CT molecular complexity index is 1830. The fourth-order valence-corrected chi connectivity index (χ4v) is 7.45. The van der Waals surface area contributed by atoms with Gasteiger partial charge in [-0.25, -0.2) is 29.6 Å². The van der Waals surface area contributed by atoms with Crippen LogP contribution >= 0.6 is 0 Å². The molecule has 2 saturated heterocycles. The molecule has 0 saturated carbocycles. The Labute approximate surface area is 267 Å². The Morgan fingerprint density at radius 3 is 1.33 bits per heavy atom. The van der Waals surface area contributed by atoms with E-state index in [0.717, 1.165) is 69.0 Å². The van der Waals surface area contributed by atoms with E-state index in [1.807, 2.05) is 10.0 Å². The van der Waals surface area contributed by atoms with E-state index in [9.17, 15) is 9.59 Å². The molecular weight excluding hydrogens is 576 g/mol. The van der Waals surface area contributed by atoms with Crippen LogP contribution in [0.2, 0.25) is 0 Å². The molecule has 46 heavy (non-hydrogen) atoms. The molecule has 0 spiro atoms. The molecule has 10 nitrogen and oxygen atoms in total. The van der Waals surface area contributed by atoms with E-state index in [-0.39, 0.29) is 24.1 Å². The van der Waals surface area contributed by atoms with E-state index >= 15 is 0 Å². The highest BCUT2D eigenvalue weighted by molar-refractivity contribution is 6.04. The second-order valence-electron chi connectivity index (χ2n) is 12.4. The van der Waals surface area contributed by atoms with Crippen molar-refractivity contribution in [1.82, 2.24) is 30.1 Å². The number of nitrogens with zero attached hydrogens (tertiary/aromatic N) is 8. The van der Waals surface area contributed by atoms with Gasteiger partial charge in [-0.2, -0.15) is 0 Å². The summed E-state index contributed by atoms with van der Waals surface area (Å²) in [7, 11) is 3.44. The molecule has 8 aliphatic heterocycles. The molecule has 2 fully saturated rings. The Kier molecular flexibility index (Phi) is 5.77. The van der Waals surface area contributed by atoms with Crippen molar-refractivity contribution in [1.29, 1.82) is 0 Å². The van der Waals surface area contributed by atoms with Crippen molar-refractivity contribution >= 4 is 23.7 Å². The lowest BCUT2D eigenvalue weighted by Crippen LogP contribution is -2.54. The van der Waals surface area contributed by atoms with Crippen LogP contribution in [0.15, 0.2) is 107 Å². The maximum absolute atomic E-state index is 13.2. The molecule has 10 heteroatoms. The van der Waals surface area contributed by atoms with Gasteiger partial charge < -0.3 is 0 Å². The molecule has 228 valence electrons. The van der Waals surface area contributed by atoms with Crippen molar-refractivity contribution in [2.24, 2.45) is 10.2 Å². The Morgan fingerprint density at radius 2 is 0.913 bits per heavy atom. The monoisotopic (exact) mass is 608 g/mol. The normalized spacial score (nSPS) is 21.4. The molecule has 4 aromatic rings. The number of hydrazine groups is 2. The largest absolute Gasteiger partial charge is 0.359 e. The number of rotatable bonds is 0. The maximum Gasteiger partial charge on any atom is 0.359 e. The summed E-state index contributed by atoms with van der Waals surface area (Å²) in [6.07, 6.45) is 1.60.